The van der Waals surface area contributed by atoms with Crippen LogP contribution in [-0.4, -0.2) is 46.9 Å². The molecule has 0 aliphatic carbocycles. The van der Waals surface area contributed by atoms with Gasteiger partial charge in [0.1, 0.15) is 17.6 Å². The number of nitrogens with zero attached hydrogens (tertiary/aromatic N) is 3. The van der Waals surface area contributed by atoms with Crippen molar-refractivity contribution in [1.82, 2.24) is 14.8 Å². The van der Waals surface area contributed by atoms with Crippen LogP contribution in [0.5, 0.6) is 0 Å². The van der Waals surface area contributed by atoms with Gasteiger partial charge in [0.15, 0.2) is 0 Å². The highest BCUT2D eigenvalue weighted by molar-refractivity contribution is 5.78. The summed E-state index contributed by atoms with van der Waals surface area (Å²) in [5, 5.41) is 0. The summed E-state index contributed by atoms with van der Waals surface area (Å²) < 4.78 is 19.1. The molecular formula is C22H28FN3O2. The van der Waals surface area contributed by atoms with E-state index in [1.165, 1.54) is 31.4 Å². The maximum Gasteiger partial charge on any atom is 0.237 e. The molecule has 0 saturated carbocycles. The average molecular weight is 385 g/mol. The maximum atomic E-state index is 13.1. The van der Waals surface area contributed by atoms with Crippen molar-refractivity contribution in [2.24, 2.45) is 0 Å². The van der Waals surface area contributed by atoms with E-state index in [4.69, 9.17) is 4.42 Å². The minimum Gasteiger partial charge on any atom is -0.443 e. The lowest BCUT2D eigenvalue weighted by atomic mass is 10.0. The van der Waals surface area contributed by atoms with Crippen LogP contribution in [0.3, 0.4) is 0 Å². The molecule has 4 rings (SSSR count). The van der Waals surface area contributed by atoms with E-state index in [0.29, 0.717) is 18.9 Å². The standard InChI is InChI=1S/C22H28FN3O2/c23-18-9-7-17(8-10-18)14-19-15-24-22(28-19)20-6-2-5-13-26(20)21(27)16-25-11-3-1-4-12-25/h7-10,15,20H,1-6,11-14,16H2/t20-/m1/s1. The van der Waals surface area contributed by atoms with Gasteiger partial charge in [-0.15, -0.1) is 0 Å². The lowest BCUT2D eigenvalue weighted by Gasteiger charge is -2.36. The van der Waals surface area contributed by atoms with Crippen LogP contribution in [0.2, 0.25) is 0 Å². The monoisotopic (exact) mass is 385 g/mol. The predicted octanol–water partition coefficient (Wildman–Crippen LogP) is 3.94. The van der Waals surface area contributed by atoms with Crippen LogP contribution in [0.15, 0.2) is 34.9 Å². The highest BCUT2D eigenvalue weighted by Gasteiger charge is 2.32. The summed E-state index contributed by atoms with van der Waals surface area (Å²) in [6, 6.07) is 6.34. The topological polar surface area (TPSA) is 49.6 Å². The number of aromatic nitrogens is 1. The molecule has 1 aromatic heterocycles. The van der Waals surface area contributed by atoms with Gasteiger partial charge in [-0.2, -0.15) is 0 Å². The third-order valence-electron chi connectivity index (χ3n) is 5.78. The van der Waals surface area contributed by atoms with E-state index in [0.717, 1.165) is 50.2 Å². The number of oxazole rings is 1. The zero-order valence-corrected chi connectivity index (χ0v) is 16.3. The molecular weight excluding hydrogens is 357 g/mol. The molecule has 2 aliphatic rings. The Bertz CT molecular complexity index is 783. The average Bonchev–Trinajstić information content (AvgIpc) is 3.19. The minimum absolute atomic E-state index is 0.0759. The van der Waals surface area contributed by atoms with Crippen molar-refractivity contribution in [3.05, 3.63) is 53.5 Å². The van der Waals surface area contributed by atoms with Crippen molar-refractivity contribution in [3.8, 4) is 0 Å². The molecule has 150 valence electrons. The molecule has 0 unspecified atom stereocenters. The molecule has 1 amide bonds. The summed E-state index contributed by atoms with van der Waals surface area (Å²) in [6.45, 7) is 3.31. The second-order valence-electron chi connectivity index (χ2n) is 7.90. The van der Waals surface area contributed by atoms with Crippen LogP contribution < -0.4 is 0 Å². The second-order valence-corrected chi connectivity index (χ2v) is 7.90. The van der Waals surface area contributed by atoms with E-state index in [1.807, 2.05) is 4.90 Å². The first-order chi connectivity index (χ1) is 13.7. The summed E-state index contributed by atoms with van der Waals surface area (Å²) in [6.07, 6.45) is 8.94. The predicted molar refractivity (Wildman–Crippen MR) is 104 cm³/mol. The highest BCUT2D eigenvalue weighted by Crippen LogP contribution is 2.31. The van der Waals surface area contributed by atoms with Gasteiger partial charge in [-0.3, -0.25) is 9.69 Å². The summed E-state index contributed by atoms with van der Waals surface area (Å²) in [5.41, 5.74) is 0.978. The van der Waals surface area contributed by atoms with Gasteiger partial charge in [-0.25, -0.2) is 9.37 Å². The van der Waals surface area contributed by atoms with E-state index in [-0.39, 0.29) is 17.8 Å². The van der Waals surface area contributed by atoms with Crippen molar-refractivity contribution >= 4 is 5.91 Å². The van der Waals surface area contributed by atoms with Crippen molar-refractivity contribution in [1.29, 1.82) is 0 Å². The fourth-order valence-electron chi connectivity index (χ4n) is 4.25. The number of carbonyl (C=O) groups excluding carboxylic acids is 1. The smallest absolute Gasteiger partial charge is 0.237 e. The Morgan fingerprint density at radius 2 is 1.82 bits per heavy atom. The molecule has 2 saturated heterocycles. The van der Waals surface area contributed by atoms with Crippen molar-refractivity contribution in [2.45, 2.75) is 51.0 Å². The number of hydrogen-bond donors (Lipinski definition) is 0. The summed E-state index contributed by atoms with van der Waals surface area (Å²) in [7, 11) is 0. The Labute approximate surface area is 165 Å². The quantitative estimate of drug-likeness (QED) is 0.782. The van der Waals surface area contributed by atoms with Gasteiger partial charge in [0.2, 0.25) is 11.8 Å². The zero-order valence-electron chi connectivity index (χ0n) is 16.3. The number of hydrogen-bond acceptors (Lipinski definition) is 4. The Morgan fingerprint density at radius 3 is 2.61 bits per heavy atom. The molecule has 0 radical (unpaired) electrons. The van der Waals surface area contributed by atoms with E-state index in [9.17, 15) is 9.18 Å². The lowest BCUT2D eigenvalue weighted by Crippen LogP contribution is -2.45. The van der Waals surface area contributed by atoms with Crippen LogP contribution in [-0.2, 0) is 11.2 Å². The summed E-state index contributed by atoms with van der Waals surface area (Å²) >= 11 is 0. The van der Waals surface area contributed by atoms with Gasteiger partial charge >= 0.3 is 0 Å². The Hall–Kier alpha value is -2.21. The Morgan fingerprint density at radius 1 is 1.07 bits per heavy atom. The first-order valence-electron chi connectivity index (χ1n) is 10.4. The number of likely N-dealkylation sites (tertiary alicyclic amines) is 2. The third kappa shape index (κ3) is 4.61. The number of rotatable bonds is 5. The van der Waals surface area contributed by atoms with Gasteiger partial charge in [0, 0.05) is 13.0 Å². The first kappa shape index (κ1) is 19.1. The zero-order chi connectivity index (χ0) is 19.3. The van der Waals surface area contributed by atoms with E-state index in [2.05, 4.69) is 9.88 Å². The van der Waals surface area contributed by atoms with Gasteiger partial charge < -0.3 is 9.32 Å². The molecule has 1 aromatic carbocycles. The number of piperidine rings is 2. The molecule has 2 aromatic rings. The second kappa shape index (κ2) is 8.86. The maximum absolute atomic E-state index is 13.1. The van der Waals surface area contributed by atoms with Crippen molar-refractivity contribution in [3.63, 3.8) is 0 Å². The van der Waals surface area contributed by atoms with Crippen LogP contribution in [0.4, 0.5) is 4.39 Å². The number of benzene rings is 1. The minimum atomic E-state index is -0.243. The normalized spacial score (nSPS) is 21.0. The fourth-order valence-corrected chi connectivity index (χ4v) is 4.25. The number of halogens is 1. The molecule has 1 atom stereocenters. The van der Waals surface area contributed by atoms with Gasteiger partial charge in [0.05, 0.1) is 12.7 Å². The molecule has 28 heavy (non-hydrogen) atoms. The molecule has 0 N–H and O–H groups in total. The molecule has 0 bridgehead atoms. The van der Waals surface area contributed by atoms with Crippen LogP contribution in [0.25, 0.3) is 0 Å². The Balaban J connectivity index is 1.43. The third-order valence-corrected chi connectivity index (χ3v) is 5.78. The van der Waals surface area contributed by atoms with E-state index >= 15 is 0 Å². The van der Waals surface area contributed by atoms with Crippen LogP contribution in [0.1, 0.15) is 61.8 Å². The summed E-state index contributed by atoms with van der Waals surface area (Å²) in [5.74, 6) is 1.32. The van der Waals surface area contributed by atoms with Gasteiger partial charge in [-0.05, 0) is 62.9 Å². The molecule has 2 fully saturated rings. The lowest BCUT2D eigenvalue weighted by molar-refractivity contribution is -0.137. The summed E-state index contributed by atoms with van der Waals surface area (Å²) in [4.78, 5) is 21.7. The number of amides is 1. The molecule has 5 nitrogen and oxygen atoms in total. The van der Waals surface area contributed by atoms with Crippen molar-refractivity contribution in [2.75, 3.05) is 26.2 Å². The van der Waals surface area contributed by atoms with Gasteiger partial charge in [0.25, 0.3) is 0 Å². The Kier molecular flexibility index (Phi) is 6.05. The molecule has 6 heteroatoms. The van der Waals surface area contributed by atoms with E-state index in [1.54, 1.807) is 18.3 Å². The van der Waals surface area contributed by atoms with Crippen molar-refractivity contribution < 1.29 is 13.6 Å². The SMILES string of the molecule is O=C(CN1CCCCC1)N1CCCC[C@@H]1c1ncc(Cc2ccc(F)cc2)o1. The molecule has 0 spiro atoms. The number of carbonyl (C=O) groups is 1. The van der Waals surface area contributed by atoms with E-state index < -0.39 is 0 Å². The first-order valence-corrected chi connectivity index (χ1v) is 10.4. The van der Waals surface area contributed by atoms with Crippen LogP contribution >= 0.6 is 0 Å². The van der Waals surface area contributed by atoms with Gasteiger partial charge in [-0.1, -0.05) is 18.6 Å². The highest BCUT2D eigenvalue weighted by atomic mass is 19.1. The fraction of sp³-hybridized carbons (Fsp3) is 0.545. The van der Waals surface area contributed by atoms with Crippen LogP contribution in [0, 0.1) is 5.82 Å². The molecule has 2 aliphatic heterocycles. The largest absolute Gasteiger partial charge is 0.443 e. The molecule has 3 heterocycles.